The van der Waals surface area contributed by atoms with Crippen molar-refractivity contribution in [3.05, 3.63) is 75.3 Å². The summed E-state index contributed by atoms with van der Waals surface area (Å²) in [4.78, 5) is 24.7. The molecule has 2 aromatic carbocycles. The molecule has 8 heteroatoms. The van der Waals surface area contributed by atoms with Gasteiger partial charge >= 0.3 is 5.97 Å². The van der Waals surface area contributed by atoms with Gasteiger partial charge in [0.1, 0.15) is 11.3 Å². The minimum Gasteiger partial charge on any atom is -0.496 e. The molecule has 1 aromatic heterocycles. The van der Waals surface area contributed by atoms with Gasteiger partial charge in [-0.15, -0.1) is 0 Å². The van der Waals surface area contributed by atoms with Crippen LogP contribution < -0.4 is 10.2 Å². The van der Waals surface area contributed by atoms with Gasteiger partial charge in [0.05, 0.1) is 31.2 Å². The molecule has 1 heterocycles. The Morgan fingerprint density at radius 2 is 1.86 bits per heavy atom. The highest BCUT2D eigenvalue weighted by atomic mass is 19.2. The second-order valence-electron chi connectivity index (χ2n) is 5.91. The molecule has 5 nitrogen and oxygen atoms in total. The number of carbonyl (C=O) groups excluding carboxylic acids is 1. The van der Waals surface area contributed by atoms with Crippen molar-refractivity contribution in [1.82, 2.24) is 4.57 Å². The maximum absolute atomic E-state index is 14.5. The Hall–Kier alpha value is -3.29. The Bertz CT molecular complexity index is 1120. The van der Waals surface area contributed by atoms with E-state index in [1.54, 1.807) is 31.2 Å². The third-order valence-corrected chi connectivity index (χ3v) is 4.23. The number of para-hydroxylation sites is 1. The van der Waals surface area contributed by atoms with E-state index in [4.69, 9.17) is 9.47 Å². The van der Waals surface area contributed by atoms with Crippen LogP contribution in [0.3, 0.4) is 0 Å². The summed E-state index contributed by atoms with van der Waals surface area (Å²) >= 11 is 0. The number of hydrogen-bond donors (Lipinski definition) is 0. The molecule has 0 aliphatic rings. The van der Waals surface area contributed by atoms with Gasteiger partial charge in [0, 0.05) is 11.8 Å². The van der Waals surface area contributed by atoms with Crippen LogP contribution >= 0.6 is 0 Å². The predicted molar refractivity (Wildman–Crippen MR) is 96.1 cm³/mol. The van der Waals surface area contributed by atoms with Gasteiger partial charge in [-0.2, -0.15) is 0 Å². The number of carbonyl (C=O) groups is 1. The summed E-state index contributed by atoms with van der Waals surface area (Å²) in [6.45, 7) is 1.51. The lowest BCUT2D eigenvalue weighted by Crippen LogP contribution is -2.22. The molecule has 0 saturated carbocycles. The smallest absolute Gasteiger partial charge is 0.343 e. The number of aromatic nitrogens is 1. The van der Waals surface area contributed by atoms with E-state index < -0.39 is 45.3 Å². The molecule has 0 unspecified atom stereocenters. The number of hydrogen-bond acceptors (Lipinski definition) is 4. The Labute approximate surface area is 157 Å². The molecule has 3 aromatic rings. The molecular weight excluding hydrogens is 375 g/mol. The second kappa shape index (κ2) is 7.75. The molecule has 3 rings (SSSR count). The first kappa shape index (κ1) is 19.5. The summed E-state index contributed by atoms with van der Waals surface area (Å²) in [6.07, 6.45) is 1.08. The van der Waals surface area contributed by atoms with E-state index in [1.807, 2.05) is 0 Å². The first-order valence-corrected chi connectivity index (χ1v) is 8.38. The molecule has 0 spiro atoms. The van der Waals surface area contributed by atoms with Crippen LogP contribution in [0.1, 0.15) is 22.8 Å². The lowest BCUT2D eigenvalue weighted by atomic mass is 10.1. The van der Waals surface area contributed by atoms with Crippen molar-refractivity contribution in [3.63, 3.8) is 0 Å². The maximum Gasteiger partial charge on any atom is 0.343 e. The zero-order valence-corrected chi connectivity index (χ0v) is 15.1. The average Bonchev–Trinajstić information content (AvgIpc) is 2.68. The first-order valence-electron chi connectivity index (χ1n) is 8.38. The van der Waals surface area contributed by atoms with E-state index in [0.717, 1.165) is 6.20 Å². The number of halogens is 3. The fourth-order valence-electron chi connectivity index (χ4n) is 2.96. The quantitative estimate of drug-likeness (QED) is 0.492. The highest BCUT2D eigenvalue weighted by Gasteiger charge is 2.23. The van der Waals surface area contributed by atoms with Crippen LogP contribution in [0.5, 0.6) is 5.75 Å². The summed E-state index contributed by atoms with van der Waals surface area (Å²) in [5.41, 5.74) is -1.23. The number of pyridine rings is 1. The van der Waals surface area contributed by atoms with Gasteiger partial charge in [0.2, 0.25) is 5.43 Å². The van der Waals surface area contributed by atoms with E-state index in [2.05, 4.69) is 0 Å². The lowest BCUT2D eigenvalue weighted by Gasteiger charge is -2.16. The van der Waals surface area contributed by atoms with E-state index in [1.165, 1.54) is 11.7 Å². The molecule has 0 aliphatic heterocycles. The SMILES string of the molecule is CCOC(=O)c1cn(Cc2ccccc2OC)c2c(F)c(F)c(F)cc2c1=O. The van der Waals surface area contributed by atoms with Crippen LogP contribution in [0.4, 0.5) is 13.2 Å². The summed E-state index contributed by atoms with van der Waals surface area (Å²) in [5, 5.41) is -0.461. The normalized spacial score (nSPS) is 10.9. The topological polar surface area (TPSA) is 57.5 Å². The average molecular weight is 391 g/mol. The molecule has 0 saturated heterocycles. The highest BCUT2D eigenvalue weighted by Crippen LogP contribution is 2.25. The van der Waals surface area contributed by atoms with Gasteiger partial charge in [0.25, 0.3) is 0 Å². The van der Waals surface area contributed by atoms with E-state index in [-0.39, 0.29) is 13.2 Å². The van der Waals surface area contributed by atoms with Crippen LogP contribution in [0.25, 0.3) is 10.9 Å². The number of fused-ring (bicyclic) bond motifs is 1. The fourth-order valence-corrected chi connectivity index (χ4v) is 2.96. The standard InChI is InChI=1S/C20H16F3NO4/c1-3-28-20(26)13-10-24(9-11-6-4-5-7-15(11)27-2)18-12(19(13)25)8-14(21)16(22)17(18)23/h4-8,10H,3,9H2,1-2H3. The maximum atomic E-state index is 14.5. The molecule has 28 heavy (non-hydrogen) atoms. The second-order valence-corrected chi connectivity index (χ2v) is 5.91. The minimum absolute atomic E-state index is 0.00889. The van der Waals surface area contributed by atoms with Crippen LogP contribution in [-0.2, 0) is 11.3 Å². The predicted octanol–water partition coefficient (Wildman–Crippen LogP) is 3.65. The van der Waals surface area contributed by atoms with Crippen molar-refractivity contribution >= 4 is 16.9 Å². The molecule has 0 fully saturated rings. The van der Waals surface area contributed by atoms with Crippen molar-refractivity contribution < 1.29 is 27.4 Å². The third kappa shape index (κ3) is 3.33. The van der Waals surface area contributed by atoms with Gasteiger partial charge in [-0.3, -0.25) is 4.79 Å². The minimum atomic E-state index is -1.70. The van der Waals surface area contributed by atoms with E-state index in [9.17, 15) is 22.8 Å². The molecule has 0 bridgehead atoms. The monoisotopic (exact) mass is 391 g/mol. The van der Waals surface area contributed by atoms with Crippen LogP contribution in [0.15, 0.2) is 41.3 Å². The van der Waals surface area contributed by atoms with Gasteiger partial charge in [-0.05, 0) is 19.1 Å². The van der Waals surface area contributed by atoms with Crippen LogP contribution in [-0.4, -0.2) is 24.3 Å². The van der Waals surface area contributed by atoms with Crippen molar-refractivity contribution in [1.29, 1.82) is 0 Å². The fraction of sp³-hybridized carbons (Fsp3) is 0.200. The van der Waals surface area contributed by atoms with Gasteiger partial charge in [-0.25, -0.2) is 18.0 Å². The van der Waals surface area contributed by atoms with Crippen molar-refractivity contribution in [2.75, 3.05) is 13.7 Å². The lowest BCUT2D eigenvalue weighted by molar-refractivity contribution is 0.0524. The summed E-state index contributed by atoms with van der Waals surface area (Å²) < 4.78 is 53.4. The third-order valence-electron chi connectivity index (χ3n) is 4.23. The number of nitrogens with zero attached hydrogens (tertiary/aromatic N) is 1. The number of esters is 1. The van der Waals surface area contributed by atoms with Crippen LogP contribution in [0.2, 0.25) is 0 Å². The molecule has 0 aliphatic carbocycles. The van der Waals surface area contributed by atoms with Crippen LogP contribution in [0, 0.1) is 17.5 Å². The zero-order valence-electron chi connectivity index (χ0n) is 15.1. The molecule has 146 valence electrons. The van der Waals surface area contributed by atoms with E-state index in [0.29, 0.717) is 17.4 Å². The van der Waals surface area contributed by atoms with Gasteiger partial charge < -0.3 is 14.0 Å². The molecule has 0 N–H and O–H groups in total. The summed E-state index contributed by atoms with van der Waals surface area (Å²) in [5.74, 6) is -5.21. The molecule has 0 amide bonds. The number of rotatable bonds is 5. The largest absolute Gasteiger partial charge is 0.496 e. The van der Waals surface area contributed by atoms with Crippen molar-refractivity contribution in [3.8, 4) is 5.75 Å². The molecule has 0 atom stereocenters. The van der Waals surface area contributed by atoms with Crippen molar-refractivity contribution in [2.24, 2.45) is 0 Å². The Balaban J connectivity index is 2.33. The number of benzene rings is 2. The summed E-state index contributed by atoms with van der Waals surface area (Å²) in [7, 11) is 1.45. The number of methoxy groups -OCH3 is 1. The Kier molecular flexibility index (Phi) is 5.39. The van der Waals surface area contributed by atoms with Gasteiger partial charge in [0.15, 0.2) is 17.5 Å². The number of ether oxygens (including phenoxy) is 2. The molecular formula is C20H16F3NO4. The van der Waals surface area contributed by atoms with Gasteiger partial charge in [-0.1, -0.05) is 18.2 Å². The Morgan fingerprint density at radius 3 is 2.54 bits per heavy atom. The van der Waals surface area contributed by atoms with Crippen molar-refractivity contribution in [2.45, 2.75) is 13.5 Å². The molecule has 0 radical (unpaired) electrons. The zero-order chi connectivity index (χ0) is 20.4. The Morgan fingerprint density at radius 1 is 1.14 bits per heavy atom. The van der Waals surface area contributed by atoms with E-state index >= 15 is 0 Å². The highest BCUT2D eigenvalue weighted by molar-refractivity contribution is 5.94. The summed E-state index contributed by atoms with van der Waals surface area (Å²) in [6, 6.07) is 7.38. The first-order chi connectivity index (χ1) is 13.4.